The molecule has 0 saturated heterocycles. The summed E-state index contributed by atoms with van der Waals surface area (Å²) in [5, 5.41) is 7.07. The Labute approximate surface area is 153 Å². The summed E-state index contributed by atoms with van der Waals surface area (Å²) in [5.41, 5.74) is 0.224. The van der Waals surface area contributed by atoms with Crippen molar-refractivity contribution in [3.8, 4) is 5.69 Å². The second-order valence-electron chi connectivity index (χ2n) is 6.59. The molecule has 2 aromatic carbocycles. The maximum atomic E-state index is 12.7. The van der Waals surface area contributed by atoms with E-state index in [1.54, 1.807) is 12.3 Å². The smallest absolute Gasteiger partial charge is 0.308 e. The number of carbonyl (C=O) groups excluding carboxylic acids is 1. The Bertz CT molecular complexity index is 958. The molecule has 0 aliphatic heterocycles. The molecule has 1 aliphatic carbocycles. The van der Waals surface area contributed by atoms with Crippen LogP contribution in [0.2, 0.25) is 0 Å². The highest BCUT2D eigenvalue weighted by Crippen LogP contribution is 2.48. The Morgan fingerprint density at radius 3 is 2.26 bits per heavy atom. The Balaban J connectivity index is 1.49. The van der Waals surface area contributed by atoms with Crippen LogP contribution in [0, 0.1) is 0 Å². The van der Waals surface area contributed by atoms with Gasteiger partial charge in [-0.1, -0.05) is 30.3 Å². The highest BCUT2D eigenvalue weighted by Gasteiger charge is 2.51. The number of nitrogens with zero attached hydrogens (tertiary/aromatic N) is 2. The van der Waals surface area contributed by atoms with Crippen LogP contribution < -0.4 is 5.32 Å². The zero-order valence-electron chi connectivity index (χ0n) is 14.2. The van der Waals surface area contributed by atoms with Crippen molar-refractivity contribution in [2.75, 3.05) is 5.32 Å². The number of rotatable bonds is 4. The standard InChI is InChI=1S/C20H16F3N3O/c21-20(22,23)15-6-8-16(9-7-15)26-13-10-17(25-26)24-18(27)19(11-12-19)14-4-2-1-3-5-14/h1-10,13H,11-12H2,(H,24,25,27). The SMILES string of the molecule is O=C(Nc1ccn(-c2ccc(C(F)(F)F)cc2)n1)C1(c2ccccc2)CC1. The fraction of sp³-hybridized carbons (Fsp3) is 0.200. The third kappa shape index (κ3) is 3.32. The molecular weight excluding hydrogens is 355 g/mol. The lowest BCUT2D eigenvalue weighted by atomic mass is 9.95. The minimum Gasteiger partial charge on any atom is -0.308 e. The van der Waals surface area contributed by atoms with Crippen LogP contribution >= 0.6 is 0 Å². The van der Waals surface area contributed by atoms with E-state index in [2.05, 4.69) is 10.4 Å². The first-order valence-electron chi connectivity index (χ1n) is 8.49. The molecule has 1 fully saturated rings. The van der Waals surface area contributed by atoms with Gasteiger partial charge in [0.2, 0.25) is 5.91 Å². The molecule has 0 bridgehead atoms. The summed E-state index contributed by atoms with van der Waals surface area (Å²) in [7, 11) is 0. The van der Waals surface area contributed by atoms with Crippen molar-refractivity contribution < 1.29 is 18.0 Å². The lowest BCUT2D eigenvalue weighted by Crippen LogP contribution is -2.28. The van der Waals surface area contributed by atoms with Crippen molar-refractivity contribution in [1.82, 2.24) is 9.78 Å². The third-order valence-corrected chi connectivity index (χ3v) is 4.80. The van der Waals surface area contributed by atoms with Gasteiger partial charge >= 0.3 is 6.18 Å². The number of anilines is 1. The van der Waals surface area contributed by atoms with E-state index in [4.69, 9.17) is 0 Å². The van der Waals surface area contributed by atoms with Gasteiger partial charge in [0.25, 0.3) is 0 Å². The fourth-order valence-corrected chi connectivity index (χ4v) is 3.10. The topological polar surface area (TPSA) is 46.9 Å². The molecule has 1 N–H and O–H groups in total. The molecule has 1 amide bonds. The van der Waals surface area contributed by atoms with Crippen molar-refractivity contribution in [2.24, 2.45) is 0 Å². The first-order chi connectivity index (χ1) is 12.9. The van der Waals surface area contributed by atoms with Crippen molar-refractivity contribution in [2.45, 2.75) is 24.4 Å². The molecule has 0 atom stereocenters. The molecule has 0 radical (unpaired) electrons. The molecule has 0 unspecified atom stereocenters. The summed E-state index contributed by atoms with van der Waals surface area (Å²) in [6.45, 7) is 0. The van der Waals surface area contributed by atoms with Gasteiger partial charge in [-0.15, -0.1) is 0 Å². The Hall–Kier alpha value is -3.09. The molecule has 4 rings (SSSR count). The van der Waals surface area contributed by atoms with Gasteiger partial charge in [-0.25, -0.2) is 4.68 Å². The van der Waals surface area contributed by atoms with E-state index < -0.39 is 17.2 Å². The zero-order valence-corrected chi connectivity index (χ0v) is 14.2. The van der Waals surface area contributed by atoms with E-state index in [0.29, 0.717) is 11.5 Å². The van der Waals surface area contributed by atoms with E-state index >= 15 is 0 Å². The molecule has 1 aliphatic rings. The van der Waals surface area contributed by atoms with Crippen molar-refractivity contribution in [1.29, 1.82) is 0 Å². The van der Waals surface area contributed by atoms with E-state index in [-0.39, 0.29) is 5.91 Å². The third-order valence-electron chi connectivity index (χ3n) is 4.80. The maximum absolute atomic E-state index is 12.7. The number of aromatic nitrogens is 2. The number of nitrogens with one attached hydrogen (secondary N) is 1. The molecular formula is C20H16F3N3O. The van der Waals surface area contributed by atoms with Crippen LogP contribution in [0.3, 0.4) is 0 Å². The number of benzene rings is 2. The number of amides is 1. The lowest BCUT2D eigenvalue weighted by Gasteiger charge is -2.14. The van der Waals surface area contributed by atoms with Crippen LogP contribution in [0.25, 0.3) is 5.69 Å². The Morgan fingerprint density at radius 2 is 1.67 bits per heavy atom. The van der Waals surface area contributed by atoms with Gasteiger partial charge in [0.1, 0.15) is 0 Å². The molecule has 1 heterocycles. The maximum Gasteiger partial charge on any atom is 0.416 e. The average Bonchev–Trinajstić information content (AvgIpc) is 3.35. The van der Waals surface area contributed by atoms with E-state index in [1.165, 1.54) is 16.8 Å². The van der Waals surface area contributed by atoms with Gasteiger partial charge in [0.15, 0.2) is 5.82 Å². The highest BCUT2D eigenvalue weighted by molar-refractivity contribution is 6.00. The molecule has 138 valence electrons. The summed E-state index contributed by atoms with van der Waals surface area (Å²) in [4.78, 5) is 12.7. The second kappa shape index (κ2) is 6.26. The average molecular weight is 371 g/mol. The predicted octanol–water partition coefficient (Wildman–Crippen LogP) is 4.56. The normalized spacial score (nSPS) is 15.4. The highest BCUT2D eigenvalue weighted by atomic mass is 19.4. The molecule has 1 aromatic heterocycles. The molecule has 7 heteroatoms. The van der Waals surface area contributed by atoms with Gasteiger partial charge in [-0.05, 0) is 42.7 Å². The van der Waals surface area contributed by atoms with Crippen LogP contribution in [0.1, 0.15) is 24.0 Å². The van der Waals surface area contributed by atoms with Crippen LogP contribution in [-0.4, -0.2) is 15.7 Å². The van der Waals surface area contributed by atoms with E-state index in [9.17, 15) is 18.0 Å². The fourth-order valence-electron chi connectivity index (χ4n) is 3.10. The van der Waals surface area contributed by atoms with Crippen LogP contribution in [0.5, 0.6) is 0 Å². The molecule has 4 nitrogen and oxygen atoms in total. The largest absolute Gasteiger partial charge is 0.416 e. The van der Waals surface area contributed by atoms with Crippen LogP contribution in [-0.2, 0) is 16.4 Å². The van der Waals surface area contributed by atoms with Crippen LogP contribution in [0.15, 0.2) is 66.9 Å². The molecule has 0 spiro atoms. The van der Waals surface area contributed by atoms with Crippen molar-refractivity contribution >= 4 is 11.7 Å². The van der Waals surface area contributed by atoms with Gasteiger partial charge in [-0.3, -0.25) is 4.79 Å². The van der Waals surface area contributed by atoms with Gasteiger partial charge in [0, 0.05) is 12.3 Å². The summed E-state index contributed by atoms with van der Waals surface area (Å²) in [5.74, 6) is 0.244. The first kappa shape index (κ1) is 17.3. The quantitative estimate of drug-likeness (QED) is 0.731. The van der Waals surface area contributed by atoms with Crippen molar-refractivity contribution in [3.05, 3.63) is 78.0 Å². The molecule has 1 saturated carbocycles. The Morgan fingerprint density at radius 1 is 1.00 bits per heavy atom. The number of hydrogen-bond acceptors (Lipinski definition) is 2. The van der Waals surface area contributed by atoms with E-state index in [1.807, 2.05) is 30.3 Å². The monoisotopic (exact) mass is 371 g/mol. The van der Waals surface area contributed by atoms with Gasteiger partial charge < -0.3 is 5.32 Å². The minimum atomic E-state index is -4.38. The lowest BCUT2D eigenvalue weighted by molar-refractivity contribution is -0.137. The molecule has 27 heavy (non-hydrogen) atoms. The summed E-state index contributed by atoms with van der Waals surface area (Å²) < 4.78 is 39.4. The van der Waals surface area contributed by atoms with Crippen LogP contribution in [0.4, 0.5) is 19.0 Å². The summed E-state index contributed by atoms with van der Waals surface area (Å²) in [6, 6.07) is 15.9. The van der Waals surface area contributed by atoms with Crippen molar-refractivity contribution in [3.63, 3.8) is 0 Å². The number of alkyl halides is 3. The van der Waals surface area contributed by atoms with Gasteiger partial charge in [0.05, 0.1) is 16.7 Å². The van der Waals surface area contributed by atoms with E-state index in [0.717, 1.165) is 30.5 Å². The predicted molar refractivity (Wildman–Crippen MR) is 94.5 cm³/mol. The first-order valence-corrected chi connectivity index (χ1v) is 8.49. The minimum absolute atomic E-state index is 0.119. The number of carbonyl (C=O) groups is 1. The second-order valence-corrected chi connectivity index (χ2v) is 6.59. The summed E-state index contributed by atoms with van der Waals surface area (Å²) in [6.07, 6.45) is -1.22. The summed E-state index contributed by atoms with van der Waals surface area (Å²) >= 11 is 0. The Kier molecular flexibility index (Phi) is 4.02. The molecule has 3 aromatic rings. The number of hydrogen-bond donors (Lipinski definition) is 1. The van der Waals surface area contributed by atoms with Gasteiger partial charge in [-0.2, -0.15) is 18.3 Å². The zero-order chi connectivity index (χ0) is 19.1. The number of halogens is 3.